The number of hydrogen-bond donors (Lipinski definition) is 0. The molecule has 16 heavy (non-hydrogen) atoms. The van der Waals surface area contributed by atoms with Crippen LogP contribution in [0.5, 0.6) is 0 Å². The molecule has 0 heterocycles. The van der Waals surface area contributed by atoms with Gasteiger partial charge in [0.2, 0.25) is 0 Å². The summed E-state index contributed by atoms with van der Waals surface area (Å²) in [6.07, 6.45) is 3.76. The molecular formula is C14H28O2. The van der Waals surface area contributed by atoms with Crippen LogP contribution in [0.4, 0.5) is 0 Å². The van der Waals surface area contributed by atoms with Gasteiger partial charge >= 0.3 is 5.97 Å². The van der Waals surface area contributed by atoms with Crippen molar-refractivity contribution in [2.75, 3.05) is 0 Å². The maximum Gasteiger partial charge on any atom is 0.306 e. The first-order valence-electron chi connectivity index (χ1n) is 6.54. The van der Waals surface area contributed by atoms with Crippen LogP contribution in [0.25, 0.3) is 0 Å². The van der Waals surface area contributed by atoms with E-state index in [-0.39, 0.29) is 11.6 Å². The van der Waals surface area contributed by atoms with E-state index < -0.39 is 0 Å². The van der Waals surface area contributed by atoms with Gasteiger partial charge < -0.3 is 4.74 Å². The third kappa shape index (κ3) is 6.14. The maximum atomic E-state index is 11.3. The molecule has 0 aromatic rings. The van der Waals surface area contributed by atoms with Crippen LogP contribution < -0.4 is 0 Å². The van der Waals surface area contributed by atoms with Crippen molar-refractivity contribution in [2.24, 2.45) is 11.8 Å². The highest BCUT2D eigenvalue weighted by Gasteiger charge is 2.24. The first kappa shape index (κ1) is 15.5. The molecule has 0 aromatic heterocycles. The second-order valence-electron chi connectivity index (χ2n) is 5.54. The van der Waals surface area contributed by atoms with Crippen molar-refractivity contribution in [2.45, 2.75) is 72.8 Å². The summed E-state index contributed by atoms with van der Waals surface area (Å²) in [5.74, 6) is 1.35. The Labute approximate surface area is 101 Å². The van der Waals surface area contributed by atoms with Gasteiger partial charge in [0.1, 0.15) is 5.60 Å². The highest BCUT2D eigenvalue weighted by atomic mass is 16.6. The van der Waals surface area contributed by atoms with Crippen LogP contribution >= 0.6 is 0 Å². The highest BCUT2D eigenvalue weighted by Crippen LogP contribution is 2.26. The molecular weight excluding hydrogens is 200 g/mol. The molecule has 0 aliphatic heterocycles. The Hall–Kier alpha value is -0.530. The lowest BCUT2D eigenvalue weighted by Crippen LogP contribution is -2.29. The van der Waals surface area contributed by atoms with Crippen molar-refractivity contribution >= 4 is 5.97 Å². The molecule has 0 aliphatic carbocycles. The van der Waals surface area contributed by atoms with Gasteiger partial charge in [0, 0.05) is 6.42 Å². The van der Waals surface area contributed by atoms with Crippen LogP contribution in [-0.2, 0) is 9.53 Å². The molecule has 0 saturated heterocycles. The van der Waals surface area contributed by atoms with E-state index in [0.29, 0.717) is 12.3 Å². The van der Waals surface area contributed by atoms with E-state index in [1.54, 1.807) is 0 Å². The molecule has 0 spiro atoms. The summed E-state index contributed by atoms with van der Waals surface area (Å²) in [7, 11) is 0. The van der Waals surface area contributed by atoms with Crippen LogP contribution in [-0.4, -0.2) is 11.6 Å². The van der Waals surface area contributed by atoms with E-state index in [9.17, 15) is 4.79 Å². The van der Waals surface area contributed by atoms with Gasteiger partial charge in [-0.05, 0) is 38.5 Å². The zero-order chi connectivity index (χ0) is 12.8. The molecule has 2 heteroatoms. The van der Waals surface area contributed by atoms with E-state index in [1.807, 2.05) is 20.8 Å². The molecule has 2 nitrogen and oxygen atoms in total. The van der Waals surface area contributed by atoms with Crippen molar-refractivity contribution in [1.29, 1.82) is 0 Å². The summed E-state index contributed by atoms with van der Waals surface area (Å²) in [4.78, 5) is 11.3. The fourth-order valence-electron chi connectivity index (χ4n) is 1.97. The zero-order valence-corrected chi connectivity index (χ0v) is 11.8. The average Bonchev–Trinajstić information content (AvgIpc) is 2.17. The predicted molar refractivity (Wildman–Crippen MR) is 68.3 cm³/mol. The van der Waals surface area contributed by atoms with E-state index in [2.05, 4.69) is 20.8 Å². The van der Waals surface area contributed by atoms with Crippen molar-refractivity contribution < 1.29 is 9.53 Å². The first-order chi connectivity index (χ1) is 7.32. The number of esters is 1. The third-order valence-electron chi connectivity index (χ3n) is 3.26. The average molecular weight is 228 g/mol. The normalized spacial score (nSPS) is 13.9. The van der Waals surface area contributed by atoms with Crippen LogP contribution in [0.2, 0.25) is 0 Å². The van der Waals surface area contributed by atoms with Gasteiger partial charge in [-0.3, -0.25) is 4.79 Å². The van der Waals surface area contributed by atoms with Gasteiger partial charge in [-0.1, -0.05) is 34.1 Å². The van der Waals surface area contributed by atoms with Crippen molar-refractivity contribution in [3.63, 3.8) is 0 Å². The summed E-state index contributed by atoms with van der Waals surface area (Å²) in [5, 5.41) is 0. The zero-order valence-electron chi connectivity index (χ0n) is 11.8. The molecule has 0 aliphatic rings. The van der Waals surface area contributed by atoms with Crippen LogP contribution in [0, 0.1) is 11.8 Å². The van der Waals surface area contributed by atoms with Gasteiger partial charge in [-0.2, -0.15) is 0 Å². The molecule has 0 fully saturated rings. The molecule has 1 atom stereocenters. The molecule has 0 amide bonds. The predicted octanol–water partition coefficient (Wildman–Crippen LogP) is 4.18. The van der Waals surface area contributed by atoms with Crippen LogP contribution in [0.15, 0.2) is 0 Å². The Bertz CT molecular complexity index is 207. The molecule has 0 N–H and O–H groups in total. The Morgan fingerprint density at radius 3 is 2.19 bits per heavy atom. The number of carbonyl (C=O) groups excluding carboxylic acids is 1. The molecule has 0 bridgehead atoms. The van der Waals surface area contributed by atoms with Gasteiger partial charge in [0.15, 0.2) is 0 Å². The lowest BCUT2D eigenvalue weighted by molar-refractivity contribution is -0.156. The third-order valence-corrected chi connectivity index (χ3v) is 3.26. The number of carbonyl (C=O) groups is 1. The van der Waals surface area contributed by atoms with E-state index in [4.69, 9.17) is 4.74 Å². The van der Waals surface area contributed by atoms with Gasteiger partial charge in [0.25, 0.3) is 0 Å². The number of hydrogen-bond acceptors (Lipinski definition) is 2. The van der Waals surface area contributed by atoms with Crippen LogP contribution in [0.1, 0.15) is 67.2 Å². The van der Waals surface area contributed by atoms with Crippen molar-refractivity contribution in [1.82, 2.24) is 0 Å². The second-order valence-corrected chi connectivity index (χ2v) is 5.54. The topological polar surface area (TPSA) is 26.3 Å². The Morgan fingerprint density at radius 2 is 1.81 bits per heavy atom. The van der Waals surface area contributed by atoms with Gasteiger partial charge in [-0.25, -0.2) is 0 Å². The van der Waals surface area contributed by atoms with Gasteiger partial charge in [0.05, 0.1) is 0 Å². The van der Waals surface area contributed by atoms with E-state index in [1.165, 1.54) is 6.42 Å². The summed E-state index contributed by atoms with van der Waals surface area (Å²) in [5.41, 5.74) is -0.310. The Kier molecular flexibility index (Phi) is 6.70. The van der Waals surface area contributed by atoms with Crippen LogP contribution in [0.3, 0.4) is 0 Å². The SMILES string of the molecule is CCC(=O)OC(C)(C)CCC(CC)C(C)C. The molecule has 0 radical (unpaired) electrons. The smallest absolute Gasteiger partial charge is 0.306 e. The minimum atomic E-state index is -0.310. The lowest BCUT2D eigenvalue weighted by Gasteiger charge is -2.28. The molecule has 1 unspecified atom stereocenters. The largest absolute Gasteiger partial charge is 0.460 e. The standard InChI is InChI=1S/C14H28O2/c1-7-12(11(3)4)9-10-14(5,6)16-13(15)8-2/h11-12H,7-10H2,1-6H3. The Balaban J connectivity index is 4.10. The minimum Gasteiger partial charge on any atom is -0.460 e. The van der Waals surface area contributed by atoms with Crippen molar-refractivity contribution in [3.05, 3.63) is 0 Å². The molecule has 96 valence electrons. The Morgan fingerprint density at radius 1 is 1.25 bits per heavy atom. The fraction of sp³-hybridized carbons (Fsp3) is 0.929. The molecule has 0 saturated carbocycles. The van der Waals surface area contributed by atoms with E-state index >= 15 is 0 Å². The van der Waals surface area contributed by atoms with Crippen molar-refractivity contribution in [3.8, 4) is 0 Å². The summed E-state index contributed by atoms with van der Waals surface area (Å²) >= 11 is 0. The maximum absolute atomic E-state index is 11.3. The fourth-order valence-corrected chi connectivity index (χ4v) is 1.97. The second kappa shape index (κ2) is 6.93. The van der Waals surface area contributed by atoms with E-state index in [0.717, 1.165) is 18.8 Å². The van der Waals surface area contributed by atoms with Gasteiger partial charge in [-0.15, -0.1) is 0 Å². The lowest BCUT2D eigenvalue weighted by atomic mass is 9.85. The summed E-state index contributed by atoms with van der Waals surface area (Å²) in [6, 6.07) is 0. The molecule has 0 rings (SSSR count). The summed E-state index contributed by atoms with van der Waals surface area (Å²) < 4.78 is 5.42. The summed E-state index contributed by atoms with van der Waals surface area (Å²) in [6.45, 7) is 12.6. The minimum absolute atomic E-state index is 0.0948. The highest BCUT2D eigenvalue weighted by molar-refractivity contribution is 5.69. The quantitative estimate of drug-likeness (QED) is 0.611. The first-order valence-corrected chi connectivity index (χ1v) is 6.54. The number of ether oxygens (including phenoxy) is 1. The molecule has 0 aromatic carbocycles. The monoisotopic (exact) mass is 228 g/mol. The number of rotatable bonds is 7.